The zero-order valence-corrected chi connectivity index (χ0v) is 6.75. The maximum Gasteiger partial charge on any atom is 0.0573 e. The highest BCUT2D eigenvalue weighted by Gasteiger charge is 2.47. The molecule has 10 heavy (non-hydrogen) atoms. The van der Waals surface area contributed by atoms with E-state index in [-0.39, 0.29) is 6.10 Å². The van der Waals surface area contributed by atoms with Gasteiger partial charge in [-0.05, 0) is 36.5 Å². The summed E-state index contributed by atoms with van der Waals surface area (Å²) >= 11 is 0. The predicted molar refractivity (Wildman–Crippen MR) is 40.5 cm³/mol. The summed E-state index contributed by atoms with van der Waals surface area (Å²) in [6.45, 7) is 4.62. The van der Waals surface area contributed by atoms with Crippen LogP contribution in [0.15, 0.2) is 0 Å². The largest absolute Gasteiger partial charge is 0.393 e. The van der Waals surface area contributed by atoms with Gasteiger partial charge in [0.15, 0.2) is 0 Å². The molecule has 0 aromatic rings. The van der Waals surface area contributed by atoms with Gasteiger partial charge in [0.2, 0.25) is 0 Å². The maximum absolute atomic E-state index is 9.51. The average Bonchev–Trinajstić information content (AvgIpc) is 2.36. The molecule has 0 aromatic carbocycles. The van der Waals surface area contributed by atoms with Gasteiger partial charge in [-0.25, -0.2) is 0 Å². The molecule has 0 heterocycles. The first-order valence-corrected chi connectivity index (χ1v) is 4.38. The van der Waals surface area contributed by atoms with Gasteiger partial charge >= 0.3 is 0 Å². The highest BCUT2D eigenvalue weighted by atomic mass is 16.3. The molecule has 2 fully saturated rings. The Balaban J connectivity index is 2.16. The van der Waals surface area contributed by atoms with E-state index >= 15 is 0 Å². The molecule has 2 saturated carbocycles. The van der Waals surface area contributed by atoms with Crippen LogP contribution < -0.4 is 0 Å². The van der Waals surface area contributed by atoms with Crippen molar-refractivity contribution in [1.82, 2.24) is 0 Å². The monoisotopic (exact) mass is 140 g/mol. The van der Waals surface area contributed by atoms with Crippen LogP contribution in [-0.4, -0.2) is 11.2 Å². The van der Waals surface area contributed by atoms with Crippen molar-refractivity contribution >= 4 is 0 Å². The van der Waals surface area contributed by atoms with Crippen LogP contribution in [0.3, 0.4) is 0 Å². The molecule has 2 aliphatic rings. The Hall–Kier alpha value is -0.0400. The smallest absolute Gasteiger partial charge is 0.0573 e. The van der Waals surface area contributed by atoms with Gasteiger partial charge in [-0.2, -0.15) is 0 Å². The lowest BCUT2D eigenvalue weighted by atomic mass is 9.80. The number of aliphatic hydroxyl groups excluding tert-OH is 1. The molecule has 0 unspecified atom stereocenters. The van der Waals surface area contributed by atoms with Crippen molar-refractivity contribution in [3.8, 4) is 0 Å². The van der Waals surface area contributed by atoms with E-state index in [0.717, 1.165) is 24.2 Å². The highest BCUT2D eigenvalue weighted by Crippen LogP contribution is 2.51. The average molecular weight is 140 g/mol. The van der Waals surface area contributed by atoms with Crippen molar-refractivity contribution in [2.75, 3.05) is 0 Å². The van der Waals surface area contributed by atoms with Gasteiger partial charge < -0.3 is 5.11 Å². The predicted octanol–water partition coefficient (Wildman–Crippen LogP) is 1.66. The van der Waals surface area contributed by atoms with E-state index in [4.69, 9.17) is 0 Å². The molecule has 2 rings (SSSR count). The number of fused-ring (bicyclic) bond motifs is 2. The van der Waals surface area contributed by atoms with Crippen LogP contribution in [0, 0.1) is 23.7 Å². The van der Waals surface area contributed by atoms with Crippen LogP contribution in [-0.2, 0) is 0 Å². The van der Waals surface area contributed by atoms with Gasteiger partial charge in [0, 0.05) is 0 Å². The van der Waals surface area contributed by atoms with Gasteiger partial charge in [-0.1, -0.05) is 13.8 Å². The molecular formula is C9H16O. The minimum atomic E-state index is 0.0381. The third-order valence-corrected chi connectivity index (χ3v) is 3.86. The third kappa shape index (κ3) is 0.672. The van der Waals surface area contributed by atoms with Crippen LogP contribution in [0.25, 0.3) is 0 Å². The van der Waals surface area contributed by atoms with E-state index in [9.17, 15) is 5.11 Å². The third-order valence-electron chi connectivity index (χ3n) is 3.86. The zero-order chi connectivity index (χ0) is 7.30. The molecule has 0 aliphatic heterocycles. The first-order chi connectivity index (χ1) is 4.70. The lowest BCUT2D eigenvalue weighted by Crippen LogP contribution is -2.27. The molecule has 1 nitrogen and oxygen atoms in total. The molecule has 58 valence electrons. The Morgan fingerprint density at radius 2 is 1.80 bits per heavy atom. The second-order valence-corrected chi connectivity index (χ2v) is 4.18. The summed E-state index contributed by atoms with van der Waals surface area (Å²) in [6, 6.07) is 0. The summed E-state index contributed by atoms with van der Waals surface area (Å²) in [5, 5.41) is 9.51. The molecule has 5 atom stereocenters. The second-order valence-electron chi connectivity index (χ2n) is 4.18. The molecule has 2 bridgehead atoms. The molecule has 0 spiro atoms. The van der Waals surface area contributed by atoms with Crippen molar-refractivity contribution in [2.24, 2.45) is 23.7 Å². The van der Waals surface area contributed by atoms with Gasteiger partial charge in [-0.15, -0.1) is 0 Å². The SMILES string of the molecule is C[C@@H]1[C@H]2C[C@@H]([C@@H]1C)[C@H](O)C2. The van der Waals surface area contributed by atoms with Gasteiger partial charge in [0.05, 0.1) is 6.10 Å². The van der Waals surface area contributed by atoms with Crippen LogP contribution in [0.2, 0.25) is 0 Å². The number of hydrogen-bond donors (Lipinski definition) is 1. The molecule has 2 aliphatic carbocycles. The first-order valence-electron chi connectivity index (χ1n) is 4.38. The van der Waals surface area contributed by atoms with Crippen molar-refractivity contribution in [2.45, 2.75) is 32.8 Å². The summed E-state index contributed by atoms with van der Waals surface area (Å²) in [5.74, 6) is 3.12. The molecular weight excluding hydrogens is 124 g/mol. The minimum absolute atomic E-state index is 0.0381. The molecule has 0 saturated heterocycles. The Labute approximate surface area is 62.4 Å². The lowest BCUT2D eigenvalue weighted by Gasteiger charge is -2.28. The van der Waals surface area contributed by atoms with Crippen molar-refractivity contribution < 1.29 is 5.11 Å². The van der Waals surface area contributed by atoms with E-state index in [1.807, 2.05) is 0 Å². The second kappa shape index (κ2) is 1.97. The summed E-state index contributed by atoms with van der Waals surface area (Å²) < 4.78 is 0. The lowest BCUT2D eigenvalue weighted by molar-refractivity contribution is 0.0645. The summed E-state index contributed by atoms with van der Waals surface area (Å²) in [6.07, 6.45) is 2.41. The van der Waals surface area contributed by atoms with Crippen LogP contribution in [0.4, 0.5) is 0 Å². The van der Waals surface area contributed by atoms with E-state index < -0.39 is 0 Å². The quantitative estimate of drug-likeness (QED) is 0.542. The normalized spacial score (nSPS) is 59.7. The number of rotatable bonds is 0. The molecule has 1 N–H and O–H groups in total. The highest BCUT2D eigenvalue weighted by molar-refractivity contribution is 4.97. The van der Waals surface area contributed by atoms with Crippen LogP contribution in [0.5, 0.6) is 0 Å². The standard InChI is InChI=1S/C9H16O/c1-5-6(2)8-3-7(5)4-9(8)10/h5-10H,3-4H2,1-2H3/t5-,6+,7-,8-,9+/m0/s1. The van der Waals surface area contributed by atoms with Gasteiger partial charge in [0.25, 0.3) is 0 Å². The van der Waals surface area contributed by atoms with Gasteiger partial charge in [0.1, 0.15) is 0 Å². The Morgan fingerprint density at radius 3 is 2.20 bits per heavy atom. The van der Waals surface area contributed by atoms with E-state index in [0.29, 0.717) is 5.92 Å². The zero-order valence-electron chi connectivity index (χ0n) is 6.75. The Kier molecular flexibility index (Phi) is 1.31. The van der Waals surface area contributed by atoms with Crippen LogP contribution >= 0.6 is 0 Å². The maximum atomic E-state index is 9.51. The fourth-order valence-electron chi connectivity index (χ4n) is 2.90. The van der Waals surface area contributed by atoms with Crippen molar-refractivity contribution in [1.29, 1.82) is 0 Å². The van der Waals surface area contributed by atoms with Crippen LogP contribution in [0.1, 0.15) is 26.7 Å². The van der Waals surface area contributed by atoms with E-state index in [1.165, 1.54) is 6.42 Å². The van der Waals surface area contributed by atoms with Gasteiger partial charge in [-0.3, -0.25) is 0 Å². The fourth-order valence-corrected chi connectivity index (χ4v) is 2.90. The number of hydrogen-bond acceptors (Lipinski definition) is 1. The molecule has 1 heteroatoms. The van der Waals surface area contributed by atoms with Crippen molar-refractivity contribution in [3.05, 3.63) is 0 Å². The number of aliphatic hydroxyl groups is 1. The topological polar surface area (TPSA) is 20.2 Å². The summed E-state index contributed by atoms with van der Waals surface area (Å²) in [5.41, 5.74) is 0. The Bertz CT molecular complexity index is 142. The minimum Gasteiger partial charge on any atom is -0.393 e. The molecule has 0 radical (unpaired) electrons. The molecule has 0 aromatic heterocycles. The van der Waals surface area contributed by atoms with E-state index in [2.05, 4.69) is 13.8 Å². The first kappa shape index (κ1) is 6.66. The molecule has 0 amide bonds. The summed E-state index contributed by atoms with van der Waals surface area (Å²) in [4.78, 5) is 0. The summed E-state index contributed by atoms with van der Waals surface area (Å²) in [7, 11) is 0. The Morgan fingerprint density at radius 1 is 1.10 bits per heavy atom. The van der Waals surface area contributed by atoms with E-state index in [1.54, 1.807) is 0 Å². The van der Waals surface area contributed by atoms with Crippen molar-refractivity contribution in [3.63, 3.8) is 0 Å². The fraction of sp³-hybridized carbons (Fsp3) is 1.00.